The van der Waals surface area contributed by atoms with Crippen LogP contribution in [0.5, 0.6) is 0 Å². The number of nitrogens with zero attached hydrogens (tertiary/aromatic N) is 1. The lowest BCUT2D eigenvalue weighted by Gasteiger charge is -2.11. The Kier molecular flexibility index (Phi) is 3.70. The molecule has 1 atom stereocenters. The van der Waals surface area contributed by atoms with Gasteiger partial charge in [-0.1, -0.05) is 11.6 Å². The molecule has 1 unspecified atom stereocenters. The number of aryl methyl sites for hydroxylation is 1. The van der Waals surface area contributed by atoms with E-state index in [1.807, 2.05) is 6.92 Å². The second-order valence-electron chi connectivity index (χ2n) is 4.23. The van der Waals surface area contributed by atoms with E-state index in [0.717, 1.165) is 5.56 Å². The molecule has 2 heterocycles. The van der Waals surface area contributed by atoms with Gasteiger partial charge in [-0.25, -0.2) is 13.4 Å². The number of rotatable bonds is 3. The van der Waals surface area contributed by atoms with Crippen LogP contribution < -0.4 is 0 Å². The number of aromatic nitrogens is 1. The van der Waals surface area contributed by atoms with E-state index >= 15 is 0 Å². The van der Waals surface area contributed by atoms with Crippen LogP contribution in [0.15, 0.2) is 12.3 Å². The number of halogens is 1. The van der Waals surface area contributed by atoms with Gasteiger partial charge in [0.1, 0.15) is 5.15 Å². The molecule has 17 heavy (non-hydrogen) atoms. The fourth-order valence-corrected chi connectivity index (χ4v) is 3.77. The molecule has 1 aliphatic rings. The highest BCUT2D eigenvalue weighted by Gasteiger charge is 2.30. The Morgan fingerprint density at radius 2 is 2.35 bits per heavy atom. The van der Waals surface area contributed by atoms with Crippen molar-refractivity contribution in [2.75, 3.05) is 13.2 Å². The van der Waals surface area contributed by atoms with Crippen molar-refractivity contribution in [1.29, 1.82) is 0 Å². The normalized spacial score (nSPS) is 20.7. The largest absolute Gasteiger partial charge is 0.380 e. The molecule has 0 aliphatic carbocycles. The predicted molar refractivity (Wildman–Crippen MR) is 65.8 cm³/mol. The van der Waals surface area contributed by atoms with Gasteiger partial charge in [-0.05, 0) is 30.5 Å². The Labute approximate surface area is 106 Å². The van der Waals surface area contributed by atoms with Crippen molar-refractivity contribution in [3.8, 4) is 0 Å². The molecule has 1 aromatic rings. The van der Waals surface area contributed by atoms with E-state index in [4.69, 9.17) is 16.3 Å². The number of hydrogen-bond acceptors (Lipinski definition) is 4. The highest BCUT2D eigenvalue weighted by molar-refractivity contribution is 7.91. The molecule has 0 amide bonds. The fourth-order valence-electron chi connectivity index (χ4n) is 1.83. The van der Waals surface area contributed by atoms with Crippen LogP contribution in [0.25, 0.3) is 0 Å². The first kappa shape index (κ1) is 12.8. The molecule has 2 rings (SSSR count). The van der Waals surface area contributed by atoms with Crippen LogP contribution in [0, 0.1) is 6.92 Å². The zero-order valence-corrected chi connectivity index (χ0v) is 11.1. The molecule has 6 heteroatoms. The van der Waals surface area contributed by atoms with E-state index < -0.39 is 9.84 Å². The molecule has 1 saturated heterocycles. The quantitative estimate of drug-likeness (QED) is 0.789. The minimum absolute atomic E-state index is 0.0109. The van der Waals surface area contributed by atoms with E-state index in [9.17, 15) is 8.42 Å². The van der Waals surface area contributed by atoms with Crippen molar-refractivity contribution in [2.24, 2.45) is 0 Å². The molecule has 94 valence electrons. The lowest BCUT2D eigenvalue weighted by molar-refractivity contribution is 0.198. The second kappa shape index (κ2) is 4.92. The van der Waals surface area contributed by atoms with Crippen molar-refractivity contribution in [3.63, 3.8) is 0 Å². The van der Waals surface area contributed by atoms with Crippen molar-refractivity contribution in [1.82, 2.24) is 4.98 Å². The van der Waals surface area contributed by atoms with E-state index in [2.05, 4.69) is 4.98 Å². The number of ether oxygens (including phenoxy) is 1. The molecule has 0 spiro atoms. The molecule has 0 radical (unpaired) electrons. The van der Waals surface area contributed by atoms with Gasteiger partial charge in [0.05, 0.1) is 17.6 Å². The zero-order valence-electron chi connectivity index (χ0n) is 9.52. The monoisotopic (exact) mass is 275 g/mol. The maximum atomic E-state index is 12.1. The minimum Gasteiger partial charge on any atom is -0.380 e. The van der Waals surface area contributed by atoms with Gasteiger partial charge in [0.25, 0.3) is 0 Å². The third-order valence-corrected chi connectivity index (χ3v) is 5.25. The average Bonchev–Trinajstić information content (AvgIpc) is 2.76. The molecule has 0 bridgehead atoms. The van der Waals surface area contributed by atoms with Crippen LogP contribution in [-0.4, -0.2) is 31.9 Å². The lowest BCUT2D eigenvalue weighted by Crippen LogP contribution is -2.23. The molecule has 0 aromatic carbocycles. The van der Waals surface area contributed by atoms with Crippen molar-refractivity contribution >= 4 is 21.4 Å². The molecular weight excluding hydrogens is 262 g/mol. The van der Waals surface area contributed by atoms with E-state index in [1.165, 1.54) is 6.20 Å². The van der Waals surface area contributed by atoms with E-state index in [0.29, 0.717) is 30.4 Å². The van der Waals surface area contributed by atoms with Gasteiger partial charge < -0.3 is 4.74 Å². The van der Waals surface area contributed by atoms with Crippen LogP contribution in [-0.2, 0) is 20.3 Å². The van der Waals surface area contributed by atoms with E-state index in [1.54, 1.807) is 6.07 Å². The van der Waals surface area contributed by atoms with E-state index in [-0.39, 0.29) is 11.0 Å². The zero-order chi connectivity index (χ0) is 12.5. The Morgan fingerprint density at radius 1 is 1.59 bits per heavy atom. The maximum Gasteiger partial charge on any atom is 0.159 e. The van der Waals surface area contributed by atoms with Crippen molar-refractivity contribution in [3.05, 3.63) is 28.5 Å². The van der Waals surface area contributed by atoms with Gasteiger partial charge in [0.15, 0.2) is 9.84 Å². The standard InChI is InChI=1S/C11H14ClNO3S/c1-8-4-11(12)13-5-9(8)7-17(14,15)10-2-3-16-6-10/h4-5,10H,2-3,6-7H2,1H3. The third kappa shape index (κ3) is 2.97. The molecule has 4 nitrogen and oxygen atoms in total. The average molecular weight is 276 g/mol. The van der Waals surface area contributed by atoms with Gasteiger partial charge in [-0.3, -0.25) is 0 Å². The predicted octanol–water partition coefficient (Wildman–Crippen LogP) is 1.75. The summed E-state index contributed by atoms with van der Waals surface area (Å²) in [7, 11) is -3.16. The molecule has 1 fully saturated rings. The first-order chi connectivity index (χ1) is 7.99. The number of pyridine rings is 1. The first-order valence-electron chi connectivity index (χ1n) is 5.39. The van der Waals surface area contributed by atoms with Crippen LogP contribution in [0.2, 0.25) is 5.15 Å². The number of hydrogen-bond donors (Lipinski definition) is 0. The van der Waals surface area contributed by atoms with Crippen molar-refractivity contribution < 1.29 is 13.2 Å². The fraction of sp³-hybridized carbons (Fsp3) is 0.545. The first-order valence-corrected chi connectivity index (χ1v) is 7.49. The summed E-state index contributed by atoms with van der Waals surface area (Å²) in [6, 6.07) is 1.68. The topological polar surface area (TPSA) is 56.3 Å². The van der Waals surface area contributed by atoms with Crippen LogP contribution >= 0.6 is 11.6 Å². The summed E-state index contributed by atoms with van der Waals surface area (Å²) < 4.78 is 29.3. The lowest BCUT2D eigenvalue weighted by atomic mass is 10.2. The Balaban J connectivity index is 2.19. The summed E-state index contributed by atoms with van der Waals surface area (Å²) in [5.74, 6) is 0.0109. The second-order valence-corrected chi connectivity index (χ2v) is 6.89. The SMILES string of the molecule is Cc1cc(Cl)ncc1CS(=O)(=O)C1CCOC1. The summed E-state index contributed by atoms with van der Waals surface area (Å²) >= 11 is 5.73. The summed E-state index contributed by atoms with van der Waals surface area (Å²) in [6.07, 6.45) is 2.12. The minimum atomic E-state index is -3.16. The maximum absolute atomic E-state index is 12.1. The molecule has 0 saturated carbocycles. The van der Waals surface area contributed by atoms with Gasteiger partial charge in [-0.2, -0.15) is 0 Å². The number of sulfone groups is 1. The molecule has 1 aliphatic heterocycles. The Bertz CT molecular complexity index is 509. The molecule has 1 aromatic heterocycles. The van der Waals surface area contributed by atoms with Gasteiger partial charge in [0, 0.05) is 12.8 Å². The molecule has 0 N–H and O–H groups in total. The van der Waals surface area contributed by atoms with Crippen LogP contribution in [0.3, 0.4) is 0 Å². The summed E-state index contributed by atoms with van der Waals surface area (Å²) in [4.78, 5) is 3.92. The summed E-state index contributed by atoms with van der Waals surface area (Å²) in [6.45, 7) is 2.67. The Morgan fingerprint density at radius 3 is 2.94 bits per heavy atom. The smallest absolute Gasteiger partial charge is 0.159 e. The highest BCUT2D eigenvalue weighted by atomic mass is 35.5. The van der Waals surface area contributed by atoms with Gasteiger partial charge >= 0.3 is 0 Å². The van der Waals surface area contributed by atoms with Gasteiger partial charge in [0.2, 0.25) is 0 Å². The highest BCUT2D eigenvalue weighted by Crippen LogP contribution is 2.21. The molecular formula is C11H14ClNO3S. The third-order valence-electron chi connectivity index (χ3n) is 2.94. The Hall–Kier alpha value is -0.650. The summed E-state index contributed by atoms with van der Waals surface area (Å²) in [5.41, 5.74) is 1.56. The van der Waals surface area contributed by atoms with Crippen molar-refractivity contribution in [2.45, 2.75) is 24.3 Å². The van der Waals surface area contributed by atoms with Crippen LogP contribution in [0.4, 0.5) is 0 Å². The summed E-state index contributed by atoms with van der Waals surface area (Å²) in [5, 5.41) is 0.00502. The van der Waals surface area contributed by atoms with Gasteiger partial charge in [-0.15, -0.1) is 0 Å². The van der Waals surface area contributed by atoms with Crippen LogP contribution in [0.1, 0.15) is 17.5 Å².